The molecule has 0 aliphatic carbocycles. The summed E-state index contributed by atoms with van der Waals surface area (Å²) in [4.78, 5) is 17.4. The van der Waals surface area contributed by atoms with Crippen molar-refractivity contribution in [3.05, 3.63) is 23.4 Å². The molecule has 0 bridgehead atoms. The minimum atomic E-state index is 0.408. The van der Waals surface area contributed by atoms with E-state index in [0.717, 1.165) is 24.2 Å². The Balaban J connectivity index is 3.05. The predicted octanol–water partition coefficient (Wildman–Crippen LogP) is 3.07. The summed E-state index contributed by atoms with van der Waals surface area (Å²) in [6.45, 7) is 11.7. The second-order valence-corrected chi connectivity index (χ2v) is 5.17. The Morgan fingerprint density at radius 3 is 2.41 bits per heavy atom. The SMILES string of the molecule is Cc1cc(C=O)cnc1N(CC(C)C)C(C)C. The van der Waals surface area contributed by atoms with Crippen LogP contribution in [0, 0.1) is 12.8 Å². The summed E-state index contributed by atoms with van der Waals surface area (Å²) in [5.74, 6) is 1.57. The van der Waals surface area contributed by atoms with Crippen LogP contribution < -0.4 is 4.90 Å². The van der Waals surface area contributed by atoms with Crippen molar-refractivity contribution < 1.29 is 4.79 Å². The zero-order valence-electron chi connectivity index (χ0n) is 11.4. The van der Waals surface area contributed by atoms with Gasteiger partial charge in [-0.15, -0.1) is 0 Å². The number of aryl methyl sites for hydroxylation is 1. The normalized spacial score (nSPS) is 11.0. The van der Waals surface area contributed by atoms with Crippen LogP contribution in [0.1, 0.15) is 43.6 Å². The van der Waals surface area contributed by atoms with E-state index in [1.165, 1.54) is 0 Å². The van der Waals surface area contributed by atoms with Crippen molar-refractivity contribution >= 4 is 12.1 Å². The molecule has 1 aromatic heterocycles. The van der Waals surface area contributed by atoms with E-state index in [9.17, 15) is 4.79 Å². The van der Waals surface area contributed by atoms with Crippen LogP contribution in [0.15, 0.2) is 12.3 Å². The Labute approximate surface area is 104 Å². The van der Waals surface area contributed by atoms with Crippen molar-refractivity contribution in [3.63, 3.8) is 0 Å². The number of aromatic nitrogens is 1. The molecule has 3 heteroatoms. The highest BCUT2D eigenvalue weighted by molar-refractivity contribution is 5.75. The highest BCUT2D eigenvalue weighted by Crippen LogP contribution is 2.21. The molecule has 0 saturated heterocycles. The van der Waals surface area contributed by atoms with Crippen LogP contribution >= 0.6 is 0 Å². The third kappa shape index (κ3) is 3.55. The van der Waals surface area contributed by atoms with Gasteiger partial charge >= 0.3 is 0 Å². The Hall–Kier alpha value is -1.38. The van der Waals surface area contributed by atoms with Gasteiger partial charge in [-0.05, 0) is 38.3 Å². The van der Waals surface area contributed by atoms with Gasteiger partial charge < -0.3 is 4.90 Å². The van der Waals surface area contributed by atoms with Gasteiger partial charge in [0.05, 0.1) is 0 Å². The van der Waals surface area contributed by atoms with Crippen molar-refractivity contribution in [1.82, 2.24) is 4.98 Å². The summed E-state index contributed by atoms with van der Waals surface area (Å²) < 4.78 is 0. The first-order valence-electron chi connectivity index (χ1n) is 6.14. The molecular weight excluding hydrogens is 212 g/mol. The van der Waals surface area contributed by atoms with Crippen molar-refractivity contribution in [2.75, 3.05) is 11.4 Å². The van der Waals surface area contributed by atoms with Crippen LogP contribution in [0.25, 0.3) is 0 Å². The molecule has 0 spiro atoms. The molecule has 0 unspecified atom stereocenters. The Kier molecular flexibility index (Phi) is 4.67. The zero-order chi connectivity index (χ0) is 13.0. The lowest BCUT2D eigenvalue weighted by Crippen LogP contribution is -2.35. The minimum Gasteiger partial charge on any atom is -0.354 e. The maximum absolute atomic E-state index is 10.7. The quantitative estimate of drug-likeness (QED) is 0.734. The molecule has 17 heavy (non-hydrogen) atoms. The van der Waals surface area contributed by atoms with Crippen LogP contribution in [0.5, 0.6) is 0 Å². The van der Waals surface area contributed by atoms with E-state index < -0.39 is 0 Å². The molecule has 0 aromatic carbocycles. The lowest BCUT2D eigenvalue weighted by Gasteiger charge is -2.30. The molecule has 3 nitrogen and oxygen atoms in total. The van der Waals surface area contributed by atoms with Gasteiger partial charge in [0.25, 0.3) is 0 Å². The average Bonchev–Trinajstić information content (AvgIpc) is 2.25. The number of pyridine rings is 1. The molecule has 0 radical (unpaired) electrons. The van der Waals surface area contributed by atoms with Crippen molar-refractivity contribution in [3.8, 4) is 0 Å². The summed E-state index contributed by atoms with van der Waals surface area (Å²) in [5.41, 5.74) is 1.70. The van der Waals surface area contributed by atoms with E-state index in [1.807, 2.05) is 13.0 Å². The molecule has 0 fully saturated rings. The van der Waals surface area contributed by atoms with Gasteiger partial charge in [-0.2, -0.15) is 0 Å². The van der Waals surface area contributed by atoms with Gasteiger partial charge in [0.1, 0.15) is 5.82 Å². The molecule has 0 atom stereocenters. The number of anilines is 1. The highest BCUT2D eigenvalue weighted by atomic mass is 16.1. The summed E-state index contributed by atoms with van der Waals surface area (Å²) in [6.07, 6.45) is 2.48. The number of carbonyl (C=O) groups excluding carboxylic acids is 1. The molecule has 0 N–H and O–H groups in total. The summed E-state index contributed by atoms with van der Waals surface area (Å²) in [6, 6.07) is 2.30. The zero-order valence-corrected chi connectivity index (χ0v) is 11.4. The van der Waals surface area contributed by atoms with E-state index in [4.69, 9.17) is 0 Å². The molecule has 94 valence electrons. The van der Waals surface area contributed by atoms with Gasteiger partial charge in [0.15, 0.2) is 6.29 Å². The van der Waals surface area contributed by atoms with Gasteiger partial charge in [-0.3, -0.25) is 4.79 Å². The number of hydrogen-bond acceptors (Lipinski definition) is 3. The number of nitrogens with zero attached hydrogens (tertiary/aromatic N) is 2. The highest BCUT2D eigenvalue weighted by Gasteiger charge is 2.15. The fourth-order valence-corrected chi connectivity index (χ4v) is 1.89. The maximum atomic E-state index is 10.7. The van der Waals surface area contributed by atoms with Crippen molar-refractivity contribution in [1.29, 1.82) is 0 Å². The van der Waals surface area contributed by atoms with Crippen LogP contribution in [0.3, 0.4) is 0 Å². The van der Waals surface area contributed by atoms with Crippen LogP contribution in [0.4, 0.5) is 5.82 Å². The summed E-state index contributed by atoms with van der Waals surface area (Å²) in [5, 5.41) is 0. The van der Waals surface area contributed by atoms with Crippen molar-refractivity contribution in [2.45, 2.75) is 40.7 Å². The Bertz CT molecular complexity index is 386. The first-order valence-corrected chi connectivity index (χ1v) is 6.14. The number of rotatable bonds is 5. The van der Waals surface area contributed by atoms with E-state index in [2.05, 4.69) is 37.6 Å². The molecular formula is C14H22N2O. The molecule has 1 aromatic rings. The van der Waals surface area contributed by atoms with E-state index in [0.29, 0.717) is 17.5 Å². The molecule has 0 aliphatic rings. The maximum Gasteiger partial charge on any atom is 0.151 e. The summed E-state index contributed by atoms with van der Waals surface area (Å²) in [7, 11) is 0. The third-order valence-corrected chi connectivity index (χ3v) is 2.67. The largest absolute Gasteiger partial charge is 0.354 e. The van der Waals surface area contributed by atoms with Crippen molar-refractivity contribution in [2.24, 2.45) is 5.92 Å². The molecule has 0 saturated carbocycles. The van der Waals surface area contributed by atoms with E-state index in [-0.39, 0.29) is 0 Å². The van der Waals surface area contributed by atoms with Crippen LogP contribution in [-0.4, -0.2) is 23.9 Å². The van der Waals surface area contributed by atoms with Crippen LogP contribution in [0.2, 0.25) is 0 Å². The second-order valence-electron chi connectivity index (χ2n) is 5.17. The first kappa shape index (κ1) is 13.7. The van der Waals surface area contributed by atoms with Gasteiger partial charge in [0, 0.05) is 24.3 Å². The number of aldehydes is 1. The van der Waals surface area contributed by atoms with Gasteiger partial charge in [-0.1, -0.05) is 13.8 Å². The summed E-state index contributed by atoms with van der Waals surface area (Å²) >= 11 is 0. The Morgan fingerprint density at radius 1 is 1.35 bits per heavy atom. The topological polar surface area (TPSA) is 33.2 Å². The molecule has 1 heterocycles. The lowest BCUT2D eigenvalue weighted by molar-refractivity contribution is 0.112. The average molecular weight is 234 g/mol. The number of carbonyl (C=O) groups is 1. The minimum absolute atomic E-state index is 0.408. The second kappa shape index (κ2) is 5.80. The molecule has 1 rings (SSSR count). The molecule has 0 aliphatic heterocycles. The van der Waals surface area contributed by atoms with E-state index >= 15 is 0 Å². The molecule has 0 amide bonds. The Morgan fingerprint density at radius 2 is 2.00 bits per heavy atom. The van der Waals surface area contributed by atoms with Gasteiger partial charge in [-0.25, -0.2) is 4.98 Å². The van der Waals surface area contributed by atoms with Crippen LogP contribution in [-0.2, 0) is 0 Å². The predicted molar refractivity (Wildman–Crippen MR) is 71.7 cm³/mol. The van der Waals surface area contributed by atoms with Gasteiger partial charge in [0.2, 0.25) is 0 Å². The number of hydrogen-bond donors (Lipinski definition) is 0. The third-order valence-electron chi connectivity index (χ3n) is 2.67. The lowest BCUT2D eigenvalue weighted by atomic mass is 10.1. The smallest absolute Gasteiger partial charge is 0.151 e. The fourth-order valence-electron chi connectivity index (χ4n) is 1.89. The standard InChI is InChI=1S/C14H22N2O/c1-10(2)8-16(11(3)4)14-12(5)6-13(9-17)7-15-14/h6-7,9-11H,8H2,1-5H3. The monoisotopic (exact) mass is 234 g/mol. The first-order chi connectivity index (χ1) is 7.95. The fraction of sp³-hybridized carbons (Fsp3) is 0.571. The van der Waals surface area contributed by atoms with E-state index in [1.54, 1.807) is 6.20 Å².